The van der Waals surface area contributed by atoms with E-state index < -0.39 is 28.5 Å². The molecule has 0 aromatic heterocycles. The molecule has 3 aromatic carbocycles. The number of anilines is 1. The van der Waals surface area contributed by atoms with Crippen LogP contribution in [0.4, 0.5) is 5.69 Å². The lowest BCUT2D eigenvalue weighted by Crippen LogP contribution is -2.52. The molecule has 0 aliphatic heterocycles. The first-order valence-corrected chi connectivity index (χ1v) is 15.9. The maximum atomic E-state index is 14.1. The first-order valence-electron chi connectivity index (χ1n) is 14.1. The van der Waals surface area contributed by atoms with Crippen LogP contribution in [0.5, 0.6) is 5.75 Å². The summed E-state index contributed by atoms with van der Waals surface area (Å²) in [6.45, 7) is 4.90. The predicted octanol–water partition coefficient (Wildman–Crippen LogP) is 5.64. The Hall–Kier alpha value is -3.56. The van der Waals surface area contributed by atoms with Gasteiger partial charge in [0.2, 0.25) is 11.8 Å². The number of aryl methyl sites for hydroxylation is 2. The van der Waals surface area contributed by atoms with E-state index in [4.69, 9.17) is 16.3 Å². The van der Waals surface area contributed by atoms with Crippen molar-refractivity contribution < 1.29 is 22.7 Å². The topological polar surface area (TPSA) is 96.0 Å². The molecule has 0 radical (unpaired) electrons. The number of carbonyl (C=O) groups excluding carboxylic acids is 2. The second-order valence-electron chi connectivity index (χ2n) is 10.8. The average molecular weight is 612 g/mol. The lowest BCUT2D eigenvalue weighted by atomic mass is 10.1. The predicted molar refractivity (Wildman–Crippen MR) is 165 cm³/mol. The summed E-state index contributed by atoms with van der Waals surface area (Å²) in [5.74, 6) is -0.110. The molecule has 224 valence electrons. The fourth-order valence-electron chi connectivity index (χ4n) is 5.15. The molecule has 42 heavy (non-hydrogen) atoms. The molecule has 1 aliphatic rings. The van der Waals surface area contributed by atoms with Crippen molar-refractivity contribution in [2.24, 2.45) is 0 Å². The number of hydrogen-bond donors (Lipinski definition) is 1. The molecule has 1 aliphatic carbocycles. The van der Waals surface area contributed by atoms with Crippen LogP contribution in [0.1, 0.15) is 49.3 Å². The van der Waals surface area contributed by atoms with Gasteiger partial charge in [-0.2, -0.15) is 0 Å². The highest BCUT2D eigenvalue weighted by Gasteiger charge is 2.34. The zero-order valence-corrected chi connectivity index (χ0v) is 26.0. The number of nitrogens with one attached hydrogen (secondary N) is 1. The van der Waals surface area contributed by atoms with Gasteiger partial charge < -0.3 is 15.0 Å². The zero-order chi connectivity index (χ0) is 30.4. The number of benzene rings is 3. The number of halogens is 1. The Morgan fingerprint density at radius 1 is 1.00 bits per heavy atom. The van der Waals surface area contributed by atoms with Crippen LogP contribution in [0, 0.1) is 13.8 Å². The second-order valence-corrected chi connectivity index (χ2v) is 13.1. The van der Waals surface area contributed by atoms with Gasteiger partial charge in [0, 0.05) is 17.6 Å². The maximum Gasteiger partial charge on any atom is 0.264 e. The highest BCUT2D eigenvalue weighted by atomic mass is 35.5. The van der Waals surface area contributed by atoms with Gasteiger partial charge in [0.15, 0.2) is 0 Å². The maximum absolute atomic E-state index is 14.1. The molecule has 4 rings (SSSR count). The van der Waals surface area contributed by atoms with Crippen molar-refractivity contribution in [1.82, 2.24) is 10.2 Å². The van der Waals surface area contributed by atoms with Crippen LogP contribution in [0.2, 0.25) is 5.02 Å². The van der Waals surface area contributed by atoms with Gasteiger partial charge in [-0.3, -0.25) is 13.9 Å². The van der Waals surface area contributed by atoms with E-state index in [0.717, 1.165) is 41.1 Å². The molecule has 1 saturated carbocycles. The van der Waals surface area contributed by atoms with E-state index in [1.54, 1.807) is 63.4 Å². The summed E-state index contributed by atoms with van der Waals surface area (Å²) in [7, 11) is -2.58. The fraction of sp³-hybridized carbons (Fsp3) is 0.375. The second kappa shape index (κ2) is 13.6. The van der Waals surface area contributed by atoms with E-state index in [1.165, 1.54) is 17.0 Å². The number of hydrogen-bond acceptors (Lipinski definition) is 5. The highest BCUT2D eigenvalue weighted by Crippen LogP contribution is 2.30. The third-order valence-electron chi connectivity index (χ3n) is 7.70. The normalized spacial score (nSPS) is 14.3. The minimum Gasteiger partial charge on any atom is -0.497 e. The van der Waals surface area contributed by atoms with Gasteiger partial charge in [0.25, 0.3) is 10.0 Å². The molecular formula is C32H38ClN3O5S. The third kappa shape index (κ3) is 7.44. The van der Waals surface area contributed by atoms with Crippen LogP contribution in [0.3, 0.4) is 0 Å². The molecule has 0 saturated heterocycles. The van der Waals surface area contributed by atoms with E-state index in [-0.39, 0.29) is 23.4 Å². The van der Waals surface area contributed by atoms with Crippen molar-refractivity contribution in [3.8, 4) is 5.75 Å². The molecule has 1 atom stereocenters. The SMILES string of the molecule is COc1ccc(CN(C(=O)CN(c2ccc(Cl)cc2C)S(=O)(=O)c2ccc(C)cc2)[C@@H](C)C(=O)NC2CCCC2)cc1. The fourth-order valence-corrected chi connectivity index (χ4v) is 6.86. The first kappa shape index (κ1) is 31.4. The summed E-state index contributed by atoms with van der Waals surface area (Å²) in [5, 5.41) is 3.53. The van der Waals surface area contributed by atoms with Crippen LogP contribution in [-0.4, -0.2) is 50.9 Å². The Balaban J connectivity index is 1.70. The van der Waals surface area contributed by atoms with Gasteiger partial charge in [-0.05, 0) is 87.2 Å². The van der Waals surface area contributed by atoms with Gasteiger partial charge in [-0.15, -0.1) is 0 Å². The number of nitrogens with zero attached hydrogens (tertiary/aromatic N) is 2. The molecular weight excluding hydrogens is 574 g/mol. The van der Waals surface area contributed by atoms with Gasteiger partial charge in [-0.25, -0.2) is 8.42 Å². The van der Waals surface area contributed by atoms with Crippen LogP contribution in [-0.2, 0) is 26.2 Å². The summed E-state index contributed by atoms with van der Waals surface area (Å²) in [4.78, 5) is 29.0. The zero-order valence-electron chi connectivity index (χ0n) is 24.5. The average Bonchev–Trinajstić information content (AvgIpc) is 3.48. The lowest BCUT2D eigenvalue weighted by molar-refractivity contribution is -0.139. The summed E-state index contributed by atoms with van der Waals surface area (Å²) in [6, 6.07) is 17.8. The Bertz CT molecular complexity index is 1500. The van der Waals surface area contributed by atoms with E-state index in [2.05, 4.69) is 5.32 Å². The number of carbonyl (C=O) groups is 2. The van der Waals surface area contributed by atoms with Crippen molar-refractivity contribution in [1.29, 1.82) is 0 Å². The van der Waals surface area contributed by atoms with Gasteiger partial charge in [-0.1, -0.05) is 54.3 Å². The molecule has 10 heteroatoms. The minimum atomic E-state index is -4.16. The lowest BCUT2D eigenvalue weighted by Gasteiger charge is -2.33. The monoisotopic (exact) mass is 611 g/mol. The molecule has 0 heterocycles. The Labute approximate surface area is 253 Å². The van der Waals surface area contributed by atoms with Gasteiger partial charge in [0.05, 0.1) is 17.7 Å². The summed E-state index contributed by atoms with van der Waals surface area (Å²) >= 11 is 6.19. The Morgan fingerprint density at radius 3 is 2.24 bits per heavy atom. The molecule has 1 fully saturated rings. The first-order chi connectivity index (χ1) is 20.0. The van der Waals surface area contributed by atoms with Gasteiger partial charge >= 0.3 is 0 Å². The molecule has 0 spiro atoms. The van der Waals surface area contributed by atoms with Crippen molar-refractivity contribution in [2.75, 3.05) is 18.0 Å². The van der Waals surface area contributed by atoms with Crippen molar-refractivity contribution in [2.45, 2.75) is 70.0 Å². The Morgan fingerprint density at radius 2 is 1.64 bits per heavy atom. The third-order valence-corrected chi connectivity index (χ3v) is 9.71. The molecule has 0 unspecified atom stereocenters. The van der Waals surface area contributed by atoms with E-state index in [9.17, 15) is 18.0 Å². The Kier molecular flexibility index (Phi) is 10.2. The quantitative estimate of drug-likeness (QED) is 0.303. The summed E-state index contributed by atoms with van der Waals surface area (Å²) in [6.07, 6.45) is 3.92. The van der Waals surface area contributed by atoms with Gasteiger partial charge in [0.1, 0.15) is 18.3 Å². The largest absolute Gasteiger partial charge is 0.497 e. The standard InChI is InChI=1S/C32H38ClN3O5S/c1-22-9-16-29(17-10-22)42(39,40)36(30-18-13-26(33)19-23(30)2)21-31(37)35(20-25-11-14-28(41-4)15-12-25)24(3)32(38)34-27-7-5-6-8-27/h9-19,24,27H,5-8,20-21H2,1-4H3,(H,34,38)/t24-/m0/s1. The smallest absolute Gasteiger partial charge is 0.264 e. The van der Waals surface area contributed by atoms with E-state index >= 15 is 0 Å². The van der Waals surface area contributed by atoms with Crippen molar-refractivity contribution >= 4 is 39.1 Å². The number of rotatable bonds is 11. The number of ether oxygens (including phenoxy) is 1. The summed E-state index contributed by atoms with van der Waals surface area (Å²) in [5.41, 5.74) is 2.62. The van der Waals surface area contributed by atoms with Crippen LogP contribution in [0.25, 0.3) is 0 Å². The van der Waals surface area contributed by atoms with Crippen LogP contribution >= 0.6 is 11.6 Å². The van der Waals surface area contributed by atoms with Crippen molar-refractivity contribution in [3.05, 3.63) is 88.4 Å². The molecule has 8 nitrogen and oxygen atoms in total. The molecule has 3 aromatic rings. The highest BCUT2D eigenvalue weighted by molar-refractivity contribution is 7.92. The number of methoxy groups -OCH3 is 1. The van der Waals surface area contributed by atoms with Crippen LogP contribution < -0.4 is 14.4 Å². The molecule has 0 bridgehead atoms. The van der Waals surface area contributed by atoms with Crippen LogP contribution in [0.15, 0.2) is 71.6 Å². The number of amides is 2. The van der Waals surface area contributed by atoms with E-state index in [1.807, 2.05) is 19.1 Å². The summed E-state index contributed by atoms with van der Waals surface area (Å²) < 4.78 is 34.4. The molecule has 2 amide bonds. The minimum absolute atomic E-state index is 0.0592. The van der Waals surface area contributed by atoms with Crippen molar-refractivity contribution in [3.63, 3.8) is 0 Å². The molecule has 1 N–H and O–H groups in total. The van der Waals surface area contributed by atoms with E-state index in [0.29, 0.717) is 22.0 Å². The number of sulfonamides is 1.